The summed E-state index contributed by atoms with van der Waals surface area (Å²) in [6.07, 6.45) is 2.42. The molecule has 1 N–H and O–H groups in total. The molecule has 2 heterocycles. The van der Waals surface area contributed by atoms with E-state index >= 15 is 0 Å². The van der Waals surface area contributed by atoms with Gasteiger partial charge in [0.05, 0.1) is 0 Å². The van der Waals surface area contributed by atoms with Gasteiger partial charge in [-0.05, 0) is 30.8 Å². The highest BCUT2D eigenvalue weighted by atomic mass is 32.2. The first kappa shape index (κ1) is 14.8. The van der Waals surface area contributed by atoms with Crippen molar-refractivity contribution in [2.24, 2.45) is 0 Å². The molecule has 2 rings (SSSR count). The van der Waals surface area contributed by atoms with Gasteiger partial charge in [0.1, 0.15) is 0 Å². The van der Waals surface area contributed by atoms with Gasteiger partial charge in [-0.1, -0.05) is 19.9 Å². The maximum atomic E-state index is 3.78. The number of thioether (sulfide) groups is 2. The van der Waals surface area contributed by atoms with Gasteiger partial charge in [0, 0.05) is 32.9 Å². The normalized spacial score (nSPS) is 26.1. The molecule has 3 unspecified atom stereocenters. The molecule has 1 saturated heterocycles. The number of rotatable bonds is 6. The van der Waals surface area contributed by atoms with Crippen molar-refractivity contribution in [2.45, 2.75) is 43.2 Å². The Morgan fingerprint density at radius 3 is 2.89 bits per heavy atom. The number of hydrogen-bond acceptors (Lipinski definition) is 4. The fourth-order valence-electron chi connectivity index (χ4n) is 2.37. The minimum absolute atomic E-state index is 0.636. The van der Waals surface area contributed by atoms with Crippen LogP contribution in [0, 0.1) is 0 Å². The van der Waals surface area contributed by atoms with Gasteiger partial charge in [-0.15, -0.1) is 11.3 Å². The first-order valence-electron chi connectivity index (χ1n) is 6.80. The Kier molecular flexibility index (Phi) is 6.42. The maximum absolute atomic E-state index is 3.78. The molecular formula is C14H23NS3. The van der Waals surface area contributed by atoms with E-state index in [1.165, 1.54) is 29.2 Å². The van der Waals surface area contributed by atoms with Gasteiger partial charge in [-0.2, -0.15) is 23.5 Å². The molecule has 3 atom stereocenters. The molecule has 0 amide bonds. The Bertz CT molecular complexity index is 326. The standard InChI is InChI=1S/C14H23NS3/c1-3-6-15-13(10-12-5-4-7-17-12)14-11(2)16-8-9-18-14/h4-5,7,11,13-15H,3,6,8-10H2,1-2H3. The van der Waals surface area contributed by atoms with Crippen molar-refractivity contribution < 1.29 is 0 Å². The van der Waals surface area contributed by atoms with E-state index in [4.69, 9.17) is 0 Å². The zero-order valence-corrected chi connectivity index (χ0v) is 13.7. The third kappa shape index (κ3) is 4.19. The Balaban J connectivity index is 1.98. The predicted octanol–water partition coefficient (Wildman–Crippen LogP) is 3.90. The average Bonchev–Trinajstić information content (AvgIpc) is 2.88. The summed E-state index contributed by atoms with van der Waals surface area (Å²) < 4.78 is 0. The molecular weight excluding hydrogens is 278 g/mol. The van der Waals surface area contributed by atoms with Crippen molar-refractivity contribution in [1.29, 1.82) is 0 Å². The van der Waals surface area contributed by atoms with E-state index in [0.717, 1.165) is 17.0 Å². The molecule has 0 aromatic carbocycles. The molecule has 1 aliphatic heterocycles. The topological polar surface area (TPSA) is 12.0 Å². The molecule has 102 valence electrons. The molecule has 0 radical (unpaired) electrons. The van der Waals surface area contributed by atoms with Crippen LogP contribution >= 0.6 is 34.9 Å². The Labute approximate surface area is 124 Å². The second kappa shape index (κ2) is 7.83. The van der Waals surface area contributed by atoms with Gasteiger partial charge < -0.3 is 5.32 Å². The van der Waals surface area contributed by atoms with Crippen LogP contribution in [0.1, 0.15) is 25.1 Å². The highest BCUT2D eigenvalue weighted by Gasteiger charge is 2.30. The Morgan fingerprint density at radius 1 is 1.39 bits per heavy atom. The van der Waals surface area contributed by atoms with E-state index in [2.05, 4.69) is 60.2 Å². The van der Waals surface area contributed by atoms with Crippen LogP contribution in [0.3, 0.4) is 0 Å². The van der Waals surface area contributed by atoms with Crippen molar-refractivity contribution in [2.75, 3.05) is 18.1 Å². The molecule has 1 aliphatic rings. The summed E-state index contributed by atoms with van der Waals surface area (Å²) in [6, 6.07) is 5.08. The second-order valence-corrected chi connectivity index (χ2v) is 8.56. The predicted molar refractivity (Wildman–Crippen MR) is 88.3 cm³/mol. The van der Waals surface area contributed by atoms with E-state index < -0.39 is 0 Å². The number of hydrogen-bond donors (Lipinski definition) is 1. The lowest BCUT2D eigenvalue weighted by Crippen LogP contribution is -2.45. The minimum atomic E-state index is 0.636. The zero-order chi connectivity index (χ0) is 12.8. The van der Waals surface area contributed by atoms with Crippen LogP contribution in [0.4, 0.5) is 0 Å². The van der Waals surface area contributed by atoms with Gasteiger partial charge in [-0.3, -0.25) is 0 Å². The van der Waals surface area contributed by atoms with Crippen LogP contribution in [0.25, 0.3) is 0 Å². The number of thiophene rings is 1. The van der Waals surface area contributed by atoms with Crippen LogP contribution in [0.5, 0.6) is 0 Å². The molecule has 18 heavy (non-hydrogen) atoms. The lowest BCUT2D eigenvalue weighted by atomic mass is 10.1. The third-order valence-corrected chi connectivity index (χ3v) is 7.44. The van der Waals surface area contributed by atoms with Gasteiger partial charge in [0.25, 0.3) is 0 Å². The van der Waals surface area contributed by atoms with Gasteiger partial charge in [0.15, 0.2) is 0 Å². The minimum Gasteiger partial charge on any atom is -0.312 e. The summed E-state index contributed by atoms with van der Waals surface area (Å²) in [7, 11) is 0. The first-order chi connectivity index (χ1) is 8.81. The van der Waals surface area contributed by atoms with E-state index in [9.17, 15) is 0 Å². The molecule has 1 nitrogen and oxygen atoms in total. The van der Waals surface area contributed by atoms with Crippen molar-refractivity contribution in [3.63, 3.8) is 0 Å². The first-order valence-corrected chi connectivity index (χ1v) is 9.78. The highest BCUT2D eigenvalue weighted by Crippen LogP contribution is 2.34. The lowest BCUT2D eigenvalue weighted by molar-refractivity contribution is 0.489. The second-order valence-electron chi connectivity index (χ2n) is 4.76. The fraction of sp³-hybridized carbons (Fsp3) is 0.714. The SMILES string of the molecule is CCCNC(Cc1cccs1)C1SCCSC1C. The smallest absolute Gasteiger partial charge is 0.0321 e. The molecule has 0 saturated carbocycles. The molecule has 4 heteroatoms. The van der Waals surface area contributed by atoms with E-state index in [0.29, 0.717) is 6.04 Å². The van der Waals surface area contributed by atoms with Crippen LogP contribution in [0.2, 0.25) is 0 Å². The van der Waals surface area contributed by atoms with Crippen molar-refractivity contribution in [3.8, 4) is 0 Å². The molecule has 1 fully saturated rings. The molecule has 0 spiro atoms. The Hall–Kier alpha value is 0.360. The summed E-state index contributed by atoms with van der Waals surface area (Å²) in [6.45, 7) is 5.79. The largest absolute Gasteiger partial charge is 0.312 e. The summed E-state index contributed by atoms with van der Waals surface area (Å²) in [5.74, 6) is 2.64. The summed E-state index contributed by atoms with van der Waals surface area (Å²) in [5, 5.41) is 7.51. The van der Waals surface area contributed by atoms with Gasteiger partial charge >= 0.3 is 0 Å². The third-order valence-electron chi connectivity index (χ3n) is 3.29. The zero-order valence-electron chi connectivity index (χ0n) is 11.2. The Morgan fingerprint density at radius 2 is 2.22 bits per heavy atom. The molecule has 1 aromatic heterocycles. The van der Waals surface area contributed by atoms with Crippen LogP contribution in [0.15, 0.2) is 17.5 Å². The molecule has 1 aromatic rings. The fourth-order valence-corrected chi connectivity index (χ4v) is 6.10. The van der Waals surface area contributed by atoms with Crippen molar-refractivity contribution in [3.05, 3.63) is 22.4 Å². The molecule has 0 aliphatic carbocycles. The van der Waals surface area contributed by atoms with Crippen molar-refractivity contribution >= 4 is 34.9 Å². The van der Waals surface area contributed by atoms with Crippen molar-refractivity contribution in [1.82, 2.24) is 5.32 Å². The van der Waals surface area contributed by atoms with Gasteiger partial charge in [0.2, 0.25) is 0 Å². The van der Waals surface area contributed by atoms with E-state index in [1.54, 1.807) is 0 Å². The monoisotopic (exact) mass is 301 g/mol. The van der Waals surface area contributed by atoms with E-state index in [1.807, 2.05) is 11.3 Å². The maximum Gasteiger partial charge on any atom is 0.0321 e. The lowest BCUT2D eigenvalue weighted by Gasteiger charge is -2.35. The van der Waals surface area contributed by atoms with E-state index in [-0.39, 0.29) is 0 Å². The van der Waals surface area contributed by atoms with Crippen LogP contribution < -0.4 is 5.32 Å². The molecule has 0 bridgehead atoms. The summed E-state index contributed by atoms with van der Waals surface area (Å²) in [5.41, 5.74) is 0. The highest BCUT2D eigenvalue weighted by molar-refractivity contribution is 8.07. The van der Waals surface area contributed by atoms with Crippen LogP contribution in [-0.4, -0.2) is 34.6 Å². The average molecular weight is 302 g/mol. The van der Waals surface area contributed by atoms with Crippen LogP contribution in [-0.2, 0) is 6.42 Å². The quantitative estimate of drug-likeness (QED) is 0.856. The van der Waals surface area contributed by atoms with Gasteiger partial charge in [-0.25, -0.2) is 0 Å². The summed E-state index contributed by atoms with van der Waals surface area (Å²) in [4.78, 5) is 1.52. The number of nitrogens with one attached hydrogen (secondary N) is 1. The summed E-state index contributed by atoms with van der Waals surface area (Å²) >= 11 is 6.21.